The average molecular weight is 486 g/mol. The summed E-state index contributed by atoms with van der Waals surface area (Å²) in [6.45, 7) is 4.76. The highest BCUT2D eigenvalue weighted by Crippen LogP contribution is 2.30. The number of pyridine rings is 2. The summed E-state index contributed by atoms with van der Waals surface area (Å²) >= 11 is 0. The lowest BCUT2D eigenvalue weighted by Gasteiger charge is -2.40. The molecule has 186 valence electrons. The van der Waals surface area contributed by atoms with Crippen LogP contribution in [0.2, 0.25) is 0 Å². The fourth-order valence-electron chi connectivity index (χ4n) is 5.15. The van der Waals surface area contributed by atoms with Crippen LogP contribution in [0.15, 0.2) is 48.8 Å². The molecule has 0 radical (unpaired) electrons. The zero-order chi connectivity index (χ0) is 25.2. The number of rotatable bonds is 4. The van der Waals surface area contributed by atoms with Gasteiger partial charge in [-0.1, -0.05) is 19.1 Å². The van der Waals surface area contributed by atoms with Gasteiger partial charge in [0.15, 0.2) is 0 Å². The Morgan fingerprint density at radius 1 is 1.17 bits per heavy atom. The van der Waals surface area contributed by atoms with Crippen LogP contribution in [0, 0.1) is 23.2 Å². The molecular formula is C27H31N7O2. The van der Waals surface area contributed by atoms with Gasteiger partial charge in [0.05, 0.1) is 35.3 Å². The molecule has 9 nitrogen and oxygen atoms in total. The Morgan fingerprint density at radius 3 is 2.69 bits per heavy atom. The molecule has 1 aromatic carbocycles. The predicted octanol–water partition coefficient (Wildman–Crippen LogP) is 2.77. The van der Waals surface area contributed by atoms with Crippen LogP contribution in [0.25, 0.3) is 10.9 Å². The van der Waals surface area contributed by atoms with Gasteiger partial charge in [0, 0.05) is 61.3 Å². The molecule has 3 aromatic rings. The second-order valence-electron chi connectivity index (χ2n) is 9.85. The van der Waals surface area contributed by atoms with Crippen LogP contribution in [-0.4, -0.2) is 59.3 Å². The van der Waals surface area contributed by atoms with Gasteiger partial charge in [0.25, 0.3) is 5.91 Å². The summed E-state index contributed by atoms with van der Waals surface area (Å²) in [6, 6.07) is 13.6. The summed E-state index contributed by atoms with van der Waals surface area (Å²) in [4.78, 5) is 26.4. The summed E-state index contributed by atoms with van der Waals surface area (Å²) in [5.74, 6) is -0.185. The minimum absolute atomic E-state index is 0.00695. The monoisotopic (exact) mass is 485 g/mol. The number of carbonyl (C=O) groups excluding carboxylic acids is 1. The molecule has 0 saturated carbocycles. The maximum absolute atomic E-state index is 13.2. The van der Waals surface area contributed by atoms with E-state index in [0.717, 1.165) is 48.2 Å². The summed E-state index contributed by atoms with van der Waals surface area (Å²) in [6.07, 6.45) is 4.47. The molecule has 2 saturated heterocycles. The number of anilines is 3. The molecular weight excluding hydrogens is 454 g/mol. The normalized spacial score (nSPS) is 22.9. The van der Waals surface area contributed by atoms with Gasteiger partial charge in [-0.05, 0) is 37.1 Å². The number of aromatic nitrogens is 2. The van der Waals surface area contributed by atoms with Crippen molar-refractivity contribution in [3.05, 3.63) is 54.5 Å². The molecule has 3 atom stereocenters. The molecule has 0 aliphatic carbocycles. The minimum atomic E-state index is -0.550. The molecule has 5 rings (SSSR count). The number of amides is 1. The first-order valence-corrected chi connectivity index (χ1v) is 12.4. The molecule has 4 heterocycles. The molecule has 2 aromatic heterocycles. The number of nitriles is 1. The number of fused-ring (bicyclic) bond motifs is 1. The van der Waals surface area contributed by atoms with Gasteiger partial charge in [-0.3, -0.25) is 9.78 Å². The minimum Gasteiger partial charge on any atom is -0.391 e. The standard InChI is InChI=1S/C27H31N7O2/c1-17-15-34(16-21(29)26(17)35)25-6-9-30-14-24(25)32-27(36)22-5-3-19-2-4-20(12-23(19)31-22)33-10-7-18(13-28)8-11-33/h2-6,9,12,14,17-18,21,26,35H,7-8,10-11,15-16,29H2,1H3,(H,32,36)/t17-,21+,26+/m0/s1. The lowest BCUT2D eigenvalue weighted by Crippen LogP contribution is -2.55. The van der Waals surface area contributed by atoms with Gasteiger partial charge in [0.2, 0.25) is 0 Å². The molecule has 9 heteroatoms. The second-order valence-corrected chi connectivity index (χ2v) is 9.85. The smallest absolute Gasteiger partial charge is 0.274 e. The summed E-state index contributed by atoms with van der Waals surface area (Å²) in [5.41, 5.74) is 9.66. The molecule has 1 amide bonds. The quantitative estimate of drug-likeness (QED) is 0.514. The topological polar surface area (TPSA) is 131 Å². The number of hydrogen-bond donors (Lipinski definition) is 3. The van der Waals surface area contributed by atoms with Crippen molar-refractivity contribution in [2.24, 2.45) is 17.6 Å². The lowest BCUT2D eigenvalue weighted by atomic mass is 9.92. The molecule has 0 unspecified atom stereocenters. The predicted molar refractivity (Wildman–Crippen MR) is 140 cm³/mol. The third-order valence-corrected chi connectivity index (χ3v) is 7.30. The number of nitrogens with zero attached hydrogens (tertiary/aromatic N) is 5. The largest absolute Gasteiger partial charge is 0.391 e. The third-order valence-electron chi connectivity index (χ3n) is 7.30. The second kappa shape index (κ2) is 10.1. The zero-order valence-electron chi connectivity index (χ0n) is 20.3. The van der Waals surface area contributed by atoms with E-state index in [2.05, 4.69) is 37.2 Å². The van der Waals surface area contributed by atoms with E-state index in [1.807, 2.05) is 31.2 Å². The van der Waals surface area contributed by atoms with Crippen molar-refractivity contribution in [1.29, 1.82) is 5.26 Å². The molecule has 2 aliphatic rings. The Hall–Kier alpha value is -3.74. The number of aliphatic hydroxyl groups excluding tert-OH is 1. The zero-order valence-corrected chi connectivity index (χ0v) is 20.3. The average Bonchev–Trinajstić information content (AvgIpc) is 2.91. The van der Waals surface area contributed by atoms with Crippen molar-refractivity contribution in [2.75, 3.05) is 41.3 Å². The van der Waals surface area contributed by atoms with E-state index in [1.54, 1.807) is 18.5 Å². The molecule has 0 bridgehead atoms. The maximum Gasteiger partial charge on any atom is 0.274 e. The molecule has 36 heavy (non-hydrogen) atoms. The van der Waals surface area contributed by atoms with Crippen LogP contribution in [0.3, 0.4) is 0 Å². The van der Waals surface area contributed by atoms with E-state index in [1.165, 1.54) is 0 Å². The van der Waals surface area contributed by atoms with Crippen molar-refractivity contribution < 1.29 is 9.90 Å². The SMILES string of the molecule is C[C@H]1CN(c2ccncc2NC(=O)c2ccc3ccc(N4CCC(C#N)CC4)cc3n2)C[C@@H](N)[C@@H]1O. The number of benzene rings is 1. The Balaban J connectivity index is 1.35. The van der Waals surface area contributed by atoms with Gasteiger partial charge >= 0.3 is 0 Å². The van der Waals surface area contributed by atoms with Crippen LogP contribution in [0.5, 0.6) is 0 Å². The fourth-order valence-corrected chi connectivity index (χ4v) is 5.15. The molecule has 2 aliphatic heterocycles. The first-order valence-electron chi connectivity index (χ1n) is 12.4. The first kappa shape index (κ1) is 24.0. The number of piperidine rings is 2. The number of hydrogen-bond acceptors (Lipinski definition) is 8. The van der Waals surface area contributed by atoms with Gasteiger partial charge in [-0.2, -0.15) is 5.26 Å². The van der Waals surface area contributed by atoms with Crippen LogP contribution in [-0.2, 0) is 0 Å². The van der Waals surface area contributed by atoms with Crippen LogP contribution >= 0.6 is 0 Å². The Morgan fingerprint density at radius 2 is 1.94 bits per heavy atom. The Labute approximate surface area is 210 Å². The molecule has 0 spiro atoms. The van der Waals surface area contributed by atoms with Gasteiger partial charge in [-0.25, -0.2) is 4.98 Å². The highest BCUT2D eigenvalue weighted by atomic mass is 16.3. The fraction of sp³-hybridized carbons (Fsp3) is 0.407. The van der Waals surface area contributed by atoms with Gasteiger partial charge < -0.3 is 26.0 Å². The Bertz CT molecular complexity index is 1290. The number of carbonyl (C=O) groups is 1. The number of nitrogens with one attached hydrogen (secondary N) is 1. The van der Waals surface area contributed by atoms with Gasteiger partial charge in [-0.15, -0.1) is 0 Å². The van der Waals surface area contributed by atoms with E-state index in [9.17, 15) is 9.90 Å². The van der Waals surface area contributed by atoms with Gasteiger partial charge in [0.1, 0.15) is 5.69 Å². The van der Waals surface area contributed by atoms with E-state index in [-0.39, 0.29) is 23.8 Å². The van der Waals surface area contributed by atoms with Crippen LogP contribution in [0.1, 0.15) is 30.3 Å². The lowest BCUT2D eigenvalue weighted by molar-refractivity contribution is 0.0785. The van der Waals surface area contributed by atoms with Crippen molar-refractivity contribution >= 4 is 33.9 Å². The maximum atomic E-state index is 13.2. The van der Waals surface area contributed by atoms with Crippen molar-refractivity contribution in [1.82, 2.24) is 9.97 Å². The number of aliphatic hydroxyl groups is 1. The summed E-state index contributed by atoms with van der Waals surface area (Å²) in [5, 5.41) is 23.3. The van der Waals surface area contributed by atoms with Crippen LogP contribution in [0.4, 0.5) is 17.1 Å². The van der Waals surface area contributed by atoms with E-state index < -0.39 is 6.10 Å². The summed E-state index contributed by atoms with van der Waals surface area (Å²) < 4.78 is 0. The summed E-state index contributed by atoms with van der Waals surface area (Å²) in [7, 11) is 0. The van der Waals surface area contributed by atoms with E-state index in [0.29, 0.717) is 24.5 Å². The first-order chi connectivity index (χ1) is 17.4. The highest BCUT2D eigenvalue weighted by molar-refractivity contribution is 6.05. The highest BCUT2D eigenvalue weighted by Gasteiger charge is 2.32. The van der Waals surface area contributed by atoms with E-state index >= 15 is 0 Å². The van der Waals surface area contributed by atoms with E-state index in [4.69, 9.17) is 11.0 Å². The van der Waals surface area contributed by atoms with Crippen molar-refractivity contribution in [2.45, 2.75) is 31.9 Å². The molecule has 2 fully saturated rings. The molecule has 4 N–H and O–H groups in total. The van der Waals surface area contributed by atoms with Crippen molar-refractivity contribution in [3.63, 3.8) is 0 Å². The van der Waals surface area contributed by atoms with Crippen molar-refractivity contribution in [3.8, 4) is 6.07 Å². The number of nitrogens with two attached hydrogens (primary N) is 1. The Kier molecular flexibility index (Phi) is 6.72. The third kappa shape index (κ3) is 4.83. The van der Waals surface area contributed by atoms with Crippen LogP contribution < -0.4 is 20.9 Å².